The average Bonchev–Trinajstić information content (AvgIpc) is 2.47. The molecular weight excluding hydrogens is 320 g/mol. The normalized spacial score (nSPS) is 10.0. The van der Waals surface area contributed by atoms with Crippen molar-refractivity contribution in [2.24, 2.45) is 5.10 Å². The summed E-state index contributed by atoms with van der Waals surface area (Å²) in [5.74, 6) is 0. The van der Waals surface area contributed by atoms with Gasteiger partial charge in [0.1, 0.15) is 0 Å². The average molecular weight is 334 g/mol. The Kier molecular flexibility index (Phi) is 7.68. The second kappa shape index (κ2) is 9.33. The molecule has 1 aromatic carbocycles. The molecule has 0 atom stereocenters. The second-order valence-corrected chi connectivity index (χ2v) is 4.19. The standard InChI is InChI=1S/C14H14N4S.Cu/c19-14(16-10-12-6-2-1-3-7-12)18-17-11-13-8-4-5-9-15-13;/h1-9,11H,10H2,(H2,15,16,18,19);/q;+2. The number of nitrogens with one attached hydrogen (secondary N) is 1. The Labute approximate surface area is 134 Å². The molecule has 0 aliphatic rings. The van der Waals surface area contributed by atoms with Crippen LogP contribution in [0.3, 0.4) is 0 Å². The van der Waals surface area contributed by atoms with Gasteiger partial charge >= 0.3 is 17.1 Å². The molecule has 0 saturated heterocycles. The Balaban J connectivity index is 0.00000200. The van der Waals surface area contributed by atoms with Crippen molar-refractivity contribution in [3.05, 3.63) is 71.4 Å². The van der Waals surface area contributed by atoms with Gasteiger partial charge in [-0.25, -0.2) is 0 Å². The number of benzene rings is 1. The summed E-state index contributed by atoms with van der Waals surface area (Å²) in [4.78, 5) is 4.11. The molecule has 2 rings (SSSR count). The monoisotopic (exact) mass is 333 g/mol. The summed E-state index contributed by atoms with van der Waals surface area (Å²) >= 11 is 4.21. The van der Waals surface area contributed by atoms with Crippen LogP contribution in [-0.2, 0) is 35.8 Å². The fourth-order valence-corrected chi connectivity index (χ4v) is 1.54. The van der Waals surface area contributed by atoms with Gasteiger partial charge in [-0.1, -0.05) is 36.4 Å². The van der Waals surface area contributed by atoms with Gasteiger partial charge in [0.05, 0.1) is 5.69 Å². The van der Waals surface area contributed by atoms with Gasteiger partial charge in [0, 0.05) is 19.0 Å². The van der Waals surface area contributed by atoms with Crippen molar-refractivity contribution in [1.82, 2.24) is 10.3 Å². The number of thiol groups is 1. The van der Waals surface area contributed by atoms with Gasteiger partial charge in [-0.3, -0.25) is 10.3 Å². The quantitative estimate of drug-likeness (QED) is 0.232. The van der Waals surface area contributed by atoms with E-state index in [0.717, 1.165) is 11.3 Å². The molecule has 0 fully saturated rings. The molecule has 2 aromatic rings. The third-order valence-electron chi connectivity index (χ3n) is 2.32. The van der Waals surface area contributed by atoms with Crippen LogP contribution >= 0.6 is 0 Å². The van der Waals surface area contributed by atoms with Crippen LogP contribution in [0.1, 0.15) is 11.3 Å². The molecule has 0 spiro atoms. The molecule has 20 heavy (non-hydrogen) atoms. The first-order valence-corrected chi connectivity index (χ1v) is 6.28. The number of hydrogen-bond acceptors (Lipinski definition) is 2. The zero-order valence-electron chi connectivity index (χ0n) is 10.6. The molecule has 105 valence electrons. The maximum atomic E-state index is 4.21. The van der Waals surface area contributed by atoms with Gasteiger partial charge in [-0.2, -0.15) is 0 Å². The number of aromatic nitrogens is 1. The minimum atomic E-state index is 0. The van der Waals surface area contributed by atoms with E-state index in [0.29, 0.717) is 11.7 Å². The van der Waals surface area contributed by atoms with Crippen LogP contribution < -0.4 is 5.32 Å². The molecule has 1 heterocycles. The van der Waals surface area contributed by atoms with Gasteiger partial charge in [-0.05, 0) is 17.7 Å². The van der Waals surface area contributed by atoms with Gasteiger partial charge in [-0.15, -0.1) is 0 Å². The molecule has 0 aliphatic carbocycles. The first-order chi connectivity index (χ1) is 9.34. The summed E-state index contributed by atoms with van der Waals surface area (Å²) in [6.45, 7) is 0.669. The molecule has 0 bridgehead atoms. The van der Waals surface area contributed by atoms with Crippen LogP contribution in [0.5, 0.6) is 0 Å². The summed E-state index contributed by atoms with van der Waals surface area (Å²) in [7, 11) is 0. The van der Waals surface area contributed by atoms with Gasteiger partial charge in [0.2, 0.25) is 0 Å². The zero-order chi connectivity index (χ0) is 13.3. The molecule has 1 radical (unpaired) electrons. The molecule has 1 aromatic heterocycles. The SMILES string of the molecule is [Cu+2].[SH+]=C([N-]N=Cc1ccccn1)NCc1ccccc1. The van der Waals surface area contributed by atoms with Crippen molar-refractivity contribution in [2.45, 2.75) is 6.54 Å². The van der Waals surface area contributed by atoms with Gasteiger partial charge in [0.15, 0.2) is 17.3 Å². The number of pyridine rings is 1. The maximum Gasteiger partial charge on any atom is 2.00 e. The maximum absolute atomic E-state index is 4.21. The molecular formula is C14H14CuN4S+2. The first kappa shape index (κ1) is 16.5. The second-order valence-electron chi connectivity index (χ2n) is 3.76. The Morgan fingerprint density at radius 1 is 1.20 bits per heavy atom. The van der Waals surface area contributed by atoms with Gasteiger partial charge in [0.25, 0.3) is 0 Å². The Hall–Kier alpha value is -1.59. The van der Waals surface area contributed by atoms with Crippen molar-refractivity contribution in [3.8, 4) is 0 Å². The van der Waals surface area contributed by atoms with Gasteiger partial charge < -0.3 is 10.5 Å². The minimum absolute atomic E-state index is 0. The zero-order valence-corrected chi connectivity index (χ0v) is 12.4. The van der Waals surface area contributed by atoms with Crippen molar-refractivity contribution in [2.75, 3.05) is 0 Å². The summed E-state index contributed by atoms with van der Waals surface area (Å²) in [5.41, 5.74) is 5.86. The van der Waals surface area contributed by atoms with Crippen LogP contribution in [0.15, 0.2) is 59.8 Å². The van der Waals surface area contributed by atoms with E-state index in [2.05, 4.69) is 33.0 Å². The molecule has 1 N–H and O–H groups in total. The van der Waals surface area contributed by atoms with Crippen molar-refractivity contribution in [1.29, 1.82) is 0 Å². The van der Waals surface area contributed by atoms with E-state index < -0.39 is 0 Å². The third kappa shape index (κ3) is 6.04. The molecule has 0 aliphatic heterocycles. The first-order valence-electron chi connectivity index (χ1n) is 5.83. The fraction of sp³-hybridized carbons (Fsp3) is 0.0714. The van der Waals surface area contributed by atoms with E-state index in [4.69, 9.17) is 0 Å². The Morgan fingerprint density at radius 3 is 2.65 bits per heavy atom. The van der Waals surface area contributed by atoms with Crippen LogP contribution in [0.25, 0.3) is 5.43 Å². The Bertz CT molecular complexity index is 546. The topological polar surface area (TPSA) is 51.4 Å². The van der Waals surface area contributed by atoms with Crippen LogP contribution in [0, 0.1) is 0 Å². The minimum Gasteiger partial charge on any atom is -0.515 e. The Morgan fingerprint density at radius 2 is 1.95 bits per heavy atom. The van der Waals surface area contributed by atoms with E-state index >= 15 is 0 Å². The van der Waals surface area contributed by atoms with E-state index in [9.17, 15) is 0 Å². The van der Waals surface area contributed by atoms with Crippen LogP contribution in [0.4, 0.5) is 0 Å². The summed E-state index contributed by atoms with van der Waals surface area (Å²) in [6.07, 6.45) is 3.29. The number of rotatable bonds is 4. The van der Waals surface area contributed by atoms with Crippen molar-refractivity contribution >= 4 is 23.5 Å². The molecule has 0 saturated carbocycles. The van der Waals surface area contributed by atoms with Crippen LogP contribution in [0.2, 0.25) is 0 Å². The summed E-state index contributed by atoms with van der Waals surface area (Å²) in [5, 5.41) is 7.45. The van der Waals surface area contributed by atoms with E-state index in [-0.39, 0.29) is 17.1 Å². The molecule has 0 unspecified atom stereocenters. The summed E-state index contributed by atoms with van der Waals surface area (Å²) < 4.78 is 0. The predicted molar refractivity (Wildman–Crippen MR) is 82.2 cm³/mol. The largest absolute Gasteiger partial charge is 2.00 e. The summed E-state index contributed by atoms with van der Waals surface area (Å²) in [6, 6.07) is 15.6. The predicted octanol–water partition coefficient (Wildman–Crippen LogP) is 1.94. The van der Waals surface area contributed by atoms with Crippen molar-refractivity contribution < 1.29 is 17.1 Å². The molecule has 6 heteroatoms. The molecule has 0 amide bonds. The molecule has 4 nitrogen and oxygen atoms in total. The number of nitrogens with zero attached hydrogens (tertiary/aromatic N) is 3. The number of hydrogen-bond donors (Lipinski definition) is 1. The van der Waals surface area contributed by atoms with E-state index in [1.54, 1.807) is 12.4 Å². The van der Waals surface area contributed by atoms with E-state index in [1.165, 1.54) is 0 Å². The van der Waals surface area contributed by atoms with Crippen LogP contribution in [-0.4, -0.2) is 16.3 Å². The fourth-order valence-electron chi connectivity index (χ4n) is 1.41. The smallest absolute Gasteiger partial charge is 0.515 e. The van der Waals surface area contributed by atoms with E-state index in [1.807, 2.05) is 48.5 Å². The van der Waals surface area contributed by atoms with Crippen molar-refractivity contribution in [3.63, 3.8) is 0 Å². The third-order valence-corrected chi connectivity index (χ3v) is 2.57.